The third-order valence-corrected chi connectivity index (χ3v) is 7.29. The van der Waals surface area contributed by atoms with Crippen molar-refractivity contribution in [3.63, 3.8) is 0 Å². The molecule has 0 spiro atoms. The van der Waals surface area contributed by atoms with Gasteiger partial charge in [-0.05, 0) is 44.1 Å². The highest BCUT2D eigenvalue weighted by atomic mass is 16.7. The third-order valence-electron chi connectivity index (χ3n) is 7.29. The molecule has 1 heterocycles. The summed E-state index contributed by atoms with van der Waals surface area (Å²) in [5.41, 5.74) is 0.503. The zero-order valence-electron chi connectivity index (χ0n) is 15.1. The molecule has 0 aromatic heterocycles. The summed E-state index contributed by atoms with van der Waals surface area (Å²) in [5, 5.41) is 11.3. The lowest BCUT2D eigenvalue weighted by atomic mass is 9.68. The summed E-state index contributed by atoms with van der Waals surface area (Å²) in [5.74, 6) is 0.500. The Hall–Kier alpha value is -0.940. The van der Waals surface area contributed by atoms with Gasteiger partial charge in [0.05, 0.1) is 24.4 Å². The maximum Gasteiger partial charge on any atom is 0.174 e. The van der Waals surface area contributed by atoms with Crippen LogP contribution in [0.3, 0.4) is 0 Å². The van der Waals surface area contributed by atoms with E-state index in [1.54, 1.807) is 0 Å². The summed E-state index contributed by atoms with van der Waals surface area (Å²) in [4.78, 5) is 0. The molecule has 5 rings (SSSR count). The lowest BCUT2D eigenvalue weighted by Crippen LogP contribution is -2.45. The van der Waals surface area contributed by atoms with E-state index in [2.05, 4.69) is 24.3 Å². The van der Waals surface area contributed by atoms with Gasteiger partial charge in [-0.3, -0.25) is 0 Å². The smallest absolute Gasteiger partial charge is 0.174 e. The SMILES string of the molecule is CCO[C@]12C[C@@H]3[C@H]4[C@H]([C@H](CC[C@H]4OCc4ccccc4)O1)[C@H]2C3(C)O. The Morgan fingerprint density at radius 3 is 2.76 bits per heavy atom. The van der Waals surface area contributed by atoms with E-state index in [-0.39, 0.29) is 24.0 Å². The minimum atomic E-state index is -0.710. The maximum absolute atomic E-state index is 11.3. The van der Waals surface area contributed by atoms with E-state index in [0.29, 0.717) is 25.0 Å². The van der Waals surface area contributed by atoms with Crippen LogP contribution in [0.5, 0.6) is 0 Å². The number of hydrogen-bond donors (Lipinski definition) is 1. The molecule has 2 bridgehead atoms. The molecule has 3 saturated carbocycles. The average Bonchev–Trinajstić information content (AvgIpc) is 3.10. The van der Waals surface area contributed by atoms with Gasteiger partial charge in [-0.25, -0.2) is 0 Å². The minimum absolute atomic E-state index is 0.0862. The van der Waals surface area contributed by atoms with Gasteiger partial charge in [-0.1, -0.05) is 30.3 Å². The predicted molar refractivity (Wildman–Crippen MR) is 92.7 cm³/mol. The monoisotopic (exact) mass is 344 g/mol. The van der Waals surface area contributed by atoms with Crippen LogP contribution in [0.25, 0.3) is 0 Å². The van der Waals surface area contributed by atoms with Crippen LogP contribution in [0.2, 0.25) is 0 Å². The zero-order valence-corrected chi connectivity index (χ0v) is 15.1. The van der Waals surface area contributed by atoms with Crippen molar-refractivity contribution < 1.29 is 19.3 Å². The third kappa shape index (κ3) is 2.14. The van der Waals surface area contributed by atoms with E-state index in [1.807, 2.05) is 19.9 Å². The summed E-state index contributed by atoms with van der Waals surface area (Å²) >= 11 is 0. The first-order chi connectivity index (χ1) is 12.1. The zero-order chi connectivity index (χ0) is 17.2. The second kappa shape index (κ2) is 5.53. The molecule has 4 fully saturated rings. The topological polar surface area (TPSA) is 47.9 Å². The molecule has 1 N–H and O–H groups in total. The maximum atomic E-state index is 11.3. The van der Waals surface area contributed by atoms with Crippen LogP contribution in [-0.2, 0) is 20.8 Å². The summed E-state index contributed by atoms with van der Waals surface area (Å²) in [7, 11) is 0. The van der Waals surface area contributed by atoms with Crippen LogP contribution in [0.4, 0.5) is 0 Å². The molecule has 1 aliphatic heterocycles. The van der Waals surface area contributed by atoms with Crippen molar-refractivity contribution in [3.05, 3.63) is 35.9 Å². The molecule has 4 aliphatic rings. The van der Waals surface area contributed by atoms with Crippen LogP contribution in [0.15, 0.2) is 30.3 Å². The van der Waals surface area contributed by atoms with E-state index >= 15 is 0 Å². The molecule has 0 amide bonds. The number of hydrogen-bond acceptors (Lipinski definition) is 4. The Morgan fingerprint density at radius 1 is 1.20 bits per heavy atom. The first kappa shape index (κ1) is 16.2. The summed E-state index contributed by atoms with van der Waals surface area (Å²) < 4.78 is 18.9. The molecule has 1 aromatic rings. The van der Waals surface area contributed by atoms with E-state index < -0.39 is 11.4 Å². The highest BCUT2D eigenvalue weighted by Gasteiger charge is 2.79. The van der Waals surface area contributed by atoms with Crippen molar-refractivity contribution in [1.82, 2.24) is 0 Å². The van der Waals surface area contributed by atoms with Crippen LogP contribution in [0.1, 0.15) is 38.7 Å². The van der Waals surface area contributed by atoms with Crippen molar-refractivity contribution in [3.8, 4) is 0 Å². The number of aliphatic hydroxyl groups is 1. The number of ether oxygens (including phenoxy) is 3. The van der Waals surface area contributed by atoms with Gasteiger partial charge in [0, 0.05) is 24.9 Å². The summed E-state index contributed by atoms with van der Waals surface area (Å²) in [6.45, 7) is 5.30. The van der Waals surface area contributed by atoms with Gasteiger partial charge in [0.1, 0.15) is 0 Å². The average molecular weight is 344 g/mol. The van der Waals surface area contributed by atoms with Crippen molar-refractivity contribution in [2.45, 2.75) is 63.3 Å². The van der Waals surface area contributed by atoms with Gasteiger partial charge >= 0.3 is 0 Å². The highest BCUT2D eigenvalue weighted by Crippen LogP contribution is 2.71. The Balaban J connectivity index is 1.40. The van der Waals surface area contributed by atoms with Gasteiger partial charge in [0.25, 0.3) is 0 Å². The molecule has 1 saturated heterocycles. The Morgan fingerprint density at radius 2 is 2.00 bits per heavy atom. The first-order valence-electron chi connectivity index (χ1n) is 9.76. The van der Waals surface area contributed by atoms with Crippen molar-refractivity contribution in [2.24, 2.45) is 23.7 Å². The van der Waals surface area contributed by atoms with Gasteiger partial charge in [0.2, 0.25) is 0 Å². The second-order valence-corrected chi connectivity index (χ2v) is 8.48. The van der Waals surface area contributed by atoms with Crippen LogP contribution in [0, 0.1) is 23.7 Å². The Kier molecular flexibility index (Phi) is 3.59. The predicted octanol–water partition coefficient (Wildman–Crippen LogP) is 3.13. The van der Waals surface area contributed by atoms with Gasteiger partial charge < -0.3 is 19.3 Å². The molecule has 25 heavy (non-hydrogen) atoms. The Labute approximate surface area is 149 Å². The molecule has 1 aromatic carbocycles. The molecule has 4 nitrogen and oxygen atoms in total. The van der Waals surface area contributed by atoms with Crippen LogP contribution in [-0.4, -0.2) is 35.3 Å². The van der Waals surface area contributed by atoms with Gasteiger partial charge in [-0.15, -0.1) is 0 Å². The molecule has 136 valence electrons. The highest BCUT2D eigenvalue weighted by molar-refractivity contribution is 5.24. The lowest BCUT2D eigenvalue weighted by Gasteiger charge is -2.40. The molecular formula is C21H28O4. The normalized spacial score (nSPS) is 49.7. The fourth-order valence-electron chi connectivity index (χ4n) is 6.61. The number of benzene rings is 1. The van der Waals surface area contributed by atoms with Crippen molar-refractivity contribution in [2.75, 3.05) is 6.61 Å². The van der Waals surface area contributed by atoms with Gasteiger partial charge in [0.15, 0.2) is 5.79 Å². The molecule has 3 aliphatic carbocycles. The number of rotatable bonds is 5. The Bertz CT molecular complexity index is 645. The molecule has 4 heteroatoms. The fraction of sp³-hybridized carbons (Fsp3) is 0.714. The lowest BCUT2D eigenvalue weighted by molar-refractivity contribution is -0.242. The summed E-state index contributed by atoms with van der Waals surface area (Å²) in [6, 6.07) is 10.4. The van der Waals surface area contributed by atoms with Crippen LogP contribution < -0.4 is 0 Å². The van der Waals surface area contributed by atoms with Gasteiger partial charge in [-0.2, -0.15) is 0 Å². The standard InChI is InChI=1S/C21H28O4/c1-3-24-21-11-14-17-15(23-12-13-7-5-4-6-8-13)9-10-16(25-21)18(17)19(21)20(14,2)22/h4-8,14-19,22H,3,9-12H2,1-2H3/t14-,15-,16+,17-,18+,19+,20?,21-/m1/s1. The molecular weight excluding hydrogens is 316 g/mol. The van der Waals surface area contributed by atoms with E-state index in [9.17, 15) is 5.11 Å². The van der Waals surface area contributed by atoms with Crippen LogP contribution >= 0.6 is 0 Å². The van der Waals surface area contributed by atoms with E-state index in [4.69, 9.17) is 14.2 Å². The fourth-order valence-corrected chi connectivity index (χ4v) is 6.61. The van der Waals surface area contributed by atoms with Crippen molar-refractivity contribution in [1.29, 1.82) is 0 Å². The quantitative estimate of drug-likeness (QED) is 0.891. The first-order valence-corrected chi connectivity index (χ1v) is 9.76. The molecule has 8 atom stereocenters. The number of fused-ring (bicyclic) bond motifs is 2. The van der Waals surface area contributed by atoms with E-state index in [0.717, 1.165) is 19.3 Å². The second-order valence-electron chi connectivity index (χ2n) is 8.48. The largest absolute Gasteiger partial charge is 0.389 e. The summed E-state index contributed by atoms with van der Waals surface area (Å²) in [6.07, 6.45) is 3.26. The van der Waals surface area contributed by atoms with Crippen molar-refractivity contribution >= 4 is 0 Å². The molecule has 0 radical (unpaired) electrons. The minimum Gasteiger partial charge on any atom is -0.389 e. The van der Waals surface area contributed by atoms with E-state index in [1.165, 1.54) is 5.56 Å². The molecule has 1 unspecified atom stereocenters.